The van der Waals surface area contributed by atoms with Gasteiger partial charge in [0.25, 0.3) is 0 Å². The molecule has 16 heavy (non-hydrogen) atoms. The number of carbonyl (C=O) groups excluding carboxylic acids is 2. The minimum Gasteiger partial charge on any atom is -0.459 e. The Bertz CT molecular complexity index is 273. The third-order valence-corrected chi connectivity index (χ3v) is 1.96. The smallest absolute Gasteiger partial charge is 0.334 e. The van der Waals surface area contributed by atoms with Gasteiger partial charge < -0.3 is 15.2 Å². The second-order valence-corrected chi connectivity index (χ2v) is 3.63. The van der Waals surface area contributed by atoms with Crippen LogP contribution >= 0.6 is 0 Å². The van der Waals surface area contributed by atoms with Gasteiger partial charge in [0.15, 0.2) is 0 Å². The molecule has 1 amide bonds. The van der Waals surface area contributed by atoms with E-state index in [9.17, 15) is 9.59 Å². The van der Waals surface area contributed by atoms with E-state index in [1.165, 1.54) is 6.92 Å². The molecular weight excluding hydrogens is 210 g/mol. The Morgan fingerprint density at radius 2 is 2.06 bits per heavy atom. The van der Waals surface area contributed by atoms with Gasteiger partial charge in [0.2, 0.25) is 5.91 Å². The van der Waals surface area contributed by atoms with Crippen molar-refractivity contribution in [3.05, 3.63) is 12.2 Å². The van der Waals surface area contributed by atoms with Crippen LogP contribution in [0.4, 0.5) is 0 Å². The van der Waals surface area contributed by atoms with Gasteiger partial charge in [-0.1, -0.05) is 13.5 Å². The van der Waals surface area contributed by atoms with Gasteiger partial charge in [0.1, 0.15) is 12.2 Å². The van der Waals surface area contributed by atoms with Crippen molar-refractivity contribution in [2.24, 2.45) is 0 Å². The van der Waals surface area contributed by atoms with E-state index in [1.807, 2.05) is 6.92 Å². The molecule has 0 aromatic heterocycles. The predicted octanol–water partition coefficient (Wildman–Crippen LogP) is 0.381. The van der Waals surface area contributed by atoms with E-state index in [1.54, 1.807) is 6.92 Å². The predicted molar refractivity (Wildman–Crippen MR) is 59.7 cm³/mol. The van der Waals surface area contributed by atoms with Gasteiger partial charge >= 0.3 is 5.97 Å². The number of esters is 1. The van der Waals surface area contributed by atoms with E-state index in [0.29, 0.717) is 12.0 Å². The molecule has 0 saturated heterocycles. The zero-order valence-electron chi connectivity index (χ0n) is 9.95. The quantitative estimate of drug-likeness (QED) is 0.510. The highest BCUT2D eigenvalue weighted by Crippen LogP contribution is 2.00. The van der Waals surface area contributed by atoms with E-state index in [4.69, 9.17) is 9.84 Å². The van der Waals surface area contributed by atoms with Crippen LogP contribution in [0.5, 0.6) is 0 Å². The number of hydrogen-bond acceptors (Lipinski definition) is 4. The largest absolute Gasteiger partial charge is 0.459 e. The van der Waals surface area contributed by atoms with Gasteiger partial charge in [0.05, 0.1) is 6.54 Å². The lowest BCUT2D eigenvalue weighted by Crippen LogP contribution is -2.36. The number of aliphatic hydroxyl groups is 1. The SMILES string of the molecule is C=C(C)C(=O)NCC(CC)OC(=O)C(C)O. The molecule has 2 atom stereocenters. The fourth-order valence-electron chi connectivity index (χ4n) is 0.889. The van der Waals surface area contributed by atoms with Crippen LogP contribution < -0.4 is 5.32 Å². The summed E-state index contributed by atoms with van der Waals surface area (Å²) in [4.78, 5) is 22.3. The van der Waals surface area contributed by atoms with Crippen LogP contribution in [-0.2, 0) is 14.3 Å². The van der Waals surface area contributed by atoms with Gasteiger partial charge in [-0.15, -0.1) is 0 Å². The summed E-state index contributed by atoms with van der Waals surface area (Å²) in [5.74, 6) is -0.956. The van der Waals surface area contributed by atoms with Gasteiger partial charge in [-0.05, 0) is 20.3 Å². The molecule has 5 heteroatoms. The maximum Gasteiger partial charge on any atom is 0.334 e. The molecule has 2 N–H and O–H groups in total. The molecule has 0 aliphatic rings. The number of amides is 1. The highest BCUT2D eigenvalue weighted by Gasteiger charge is 2.17. The van der Waals surface area contributed by atoms with E-state index in [2.05, 4.69) is 11.9 Å². The van der Waals surface area contributed by atoms with Crippen LogP contribution in [0.15, 0.2) is 12.2 Å². The molecule has 92 valence electrons. The molecule has 2 unspecified atom stereocenters. The first-order chi connectivity index (χ1) is 7.38. The molecule has 0 bridgehead atoms. The van der Waals surface area contributed by atoms with Crippen LogP contribution in [0, 0.1) is 0 Å². The first-order valence-corrected chi connectivity index (χ1v) is 5.20. The Morgan fingerprint density at radius 1 is 1.50 bits per heavy atom. The van der Waals surface area contributed by atoms with Crippen LogP contribution in [0.1, 0.15) is 27.2 Å². The zero-order chi connectivity index (χ0) is 12.7. The monoisotopic (exact) mass is 229 g/mol. The average molecular weight is 229 g/mol. The zero-order valence-corrected chi connectivity index (χ0v) is 9.95. The van der Waals surface area contributed by atoms with Crippen molar-refractivity contribution in [2.45, 2.75) is 39.4 Å². The van der Waals surface area contributed by atoms with E-state index in [-0.39, 0.29) is 12.5 Å². The topological polar surface area (TPSA) is 75.6 Å². The summed E-state index contributed by atoms with van der Waals surface area (Å²) < 4.78 is 4.96. The Balaban J connectivity index is 4.07. The van der Waals surface area contributed by atoms with Gasteiger partial charge in [0, 0.05) is 5.57 Å². The van der Waals surface area contributed by atoms with Crippen molar-refractivity contribution in [1.29, 1.82) is 0 Å². The van der Waals surface area contributed by atoms with Crippen molar-refractivity contribution in [2.75, 3.05) is 6.54 Å². The van der Waals surface area contributed by atoms with Gasteiger partial charge in [-0.25, -0.2) is 4.79 Å². The molecule has 0 saturated carbocycles. The minimum absolute atomic E-state index is 0.223. The fraction of sp³-hybridized carbons (Fsp3) is 0.636. The van der Waals surface area contributed by atoms with Crippen molar-refractivity contribution < 1.29 is 19.4 Å². The summed E-state index contributed by atoms with van der Waals surface area (Å²) in [5.41, 5.74) is 0.400. The van der Waals surface area contributed by atoms with Gasteiger partial charge in [-0.2, -0.15) is 0 Å². The summed E-state index contributed by atoms with van der Waals surface area (Å²) in [7, 11) is 0. The van der Waals surface area contributed by atoms with Gasteiger partial charge in [-0.3, -0.25) is 4.79 Å². The van der Waals surface area contributed by atoms with Crippen LogP contribution in [-0.4, -0.2) is 35.7 Å². The van der Waals surface area contributed by atoms with E-state index in [0.717, 1.165) is 0 Å². The molecule has 0 aromatic rings. The number of aliphatic hydroxyl groups excluding tert-OH is 1. The number of hydrogen-bond donors (Lipinski definition) is 2. The Kier molecular flexibility index (Phi) is 6.41. The summed E-state index contributed by atoms with van der Waals surface area (Å²) in [6.07, 6.45) is -1.01. The first-order valence-electron chi connectivity index (χ1n) is 5.20. The Morgan fingerprint density at radius 3 is 2.44 bits per heavy atom. The third-order valence-electron chi connectivity index (χ3n) is 1.96. The third kappa shape index (κ3) is 5.50. The molecule has 0 spiro atoms. The fourth-order valence-corrected chi connectivity index (χ4v) is 0.889. The van der Waals surface area contributed by atoms with E-state index >= 15 is 0 Å². The lowest BCUT2D eigenvalue weighted by Gasteiger charge is -2.17. The molecule has 0 rings (SSSR count). The van der Waals surface area contributed by atoms with Crippen molar-refractivity contribution >= 4 is 11.9 Å². The second kappa shape index (κ2) is 7.00. The summed E-state index contributed by atoms with van der Waals surface area (Å²) in [5, 5.41) is 11.5. The van der Waals surface area contributed by atoms with Crippen LogP contribution in [0.3, 0.4) is 0 Å². The maximum absolute atomic E-state index is 11.2. The highest BCUT2D eigenvalue weighted by molar-refractivity contribution is 5.92. The van der Waals surface area contributed by atoms with Crippen molar-refractivity contribution in [3.63, 3.8) is 0 Å². The molecular formula is C11H19NO4. The molecule has 5 nitrogen and oxygen atoms in total. The van der Waals surface area contributed by atoms with Crippen LogP contribution in [0.25, 0.3) is 0 Å². The minimum atomic E-state index is -1.15. The molecule has 0 aromatic carbocycles. The summed E-state index contributed by atoms with van der Waals surface area (Å²) in [6.45, 7) is 8.47. The number of rotatable bonds is 6. The summed E-state index contributed by atoms with van der Waals surface area (Å²) in [6, 6.07) is 0. The maximum atomic E-state index is 11.2. The Hall–Kier alpha value is -1.36. The Labute approximate surface area is 95.5 Å². The highest BCUT2D eigenvalue weighted by atomic mass is 16.6. The standard InChI is InChI=1S/C11H19NO4/c1-5-9(16-11(15)8(4)13)6-12-10(14)7(2)3/h8-9,13H,2,5-6H2,1,3-4H3,(H,12,14). The molecule has 0 fully saturated rings. The molecule has 0 aliphatic carbocycles. The average Bonchev–Trinajstić information content (AvgIpc) is 2.22. The lowest BCUT2D eigenvalue weighted by molar-refractivity contribution is -0.158. The van der Waals surface area contributed by atoms with Crippen molar-refractivity contribution in [3.8, 4) is 0 Å². The van der Waals surface area contributed by atoms with Crippen LogP contribution in [0.2, 0.25) is 0 Å². The molecule has 0 radical (unpaired) electrons. The lowest BCUT2D eigenvalue weighted by atomic mass is 10.2. The van der Waals surface area contributed by atoms with E-state index < -0.39 is 18.2 Å². The second-order valence-electron chi connectivity index (χ2n) is 3.63. The first kappa shape index (κ1) is 14.6. The molecule has 0 aliphatic heterocycles. The summed E-state index contributed by atoms with van der Waals surface area (Å²) >= 11 is 0. The van der Waals surface area contributed by atoms with Crippen molar-refractivity contribution in [1.82, 2.24) is 5.32 Å². The number of carbonyl (C=O) groups is 2. The normalized spacial score (nSPS) is 13.8. The number of ether oxygens (including phenoxy) is 1. The number of nitrogens with one attached hydrogen (secondary N) is 1. The molecule has 0 heterocycles.